The van der Waals surface area contributed by atoms with Crippen LogP contribution in [0.5, 0.6) is 0 Å². The van der Waals surface area contributed by atoms with Gasteiger partial charge in [0.1, 0.15) is 0 Å². The lowest BCUT2D eigenvalue weighted by molar-refractivity contribution is 1.02. The largest absolute Gasteiger partial charge is 0.335 e. The van der Waals surface area contributed by atoms with Crippen molar-refractivity contribution in [3.63, 3.8) is 0 Å². The quantitative estimate of drug-likeness (QED) is 0.908. The van der Waals surface area contributed by atoms with E-state index in [2.05, 4.69) is 38.9 Å². The first kappa shape index (κ1) is 10.3. The molecule has 2 nitrogen and oxygen atoms in total. The fourth-order valence-corrected chi connectivity index (χ4v) is 3.07. The molecule has 16 heavy (non-hydrogen) atoms. The Hall–Kier alpha value is -0.870. The van der Waals surface area contributed by atoms with Crippen molar-refractivity contribution in [1.29, 1.82) is 0 Å². The van der Waals surface area contributed by atoms with Crippen molar-refractivity contribution in [1.82, 2.24) is 4.98 Å². The van der Waals surface area contributed by atoms with Crippen molar-refractivity contribution >= 4 is 42.6 Å². The molecular formula is C12H11BrN2S. The van der Waals surface area contributed by atoms with Gasteiger partial charge in [-0.3, -0.25) is 0 Å². The van der Waals surface area contributed by atoms with E-state index >= 15 is 0 Å². The predicted octanol–water partition coefficient (Wildman–Crippen LogP) is 4.39. The zero-order valence-corrected chi connectivity index (χ0v) is 11.1. The average Bonchev–Trinajstić information content (AvgIpc) is 3.00. The Balaban J connectivity index is 1.89. The molecule has 0 unspecified atom stereocenters. The molecule has 0 saturated heterocycles. The van der Waals surface area contributed by atoms with Crippen LogP contribution in [0, 0.1) is 5.92 Å². The number of nitrogens with zero attached hydrogens (tertiary/aromatic N) is 1. The van der Waals surface area contributed by atoms with E-state index in [1.807, 2.05) is 12.1 Å². The summed E-state index contributed by atoms with van der Waals surface area (Å²) in [5.41, 5.74) is 2.15. The van der Waals surface area contributed by atoms with Crippen LogP contribution < -0.4 is 5.32 Å². The van der Waals surface area contributed by atoms with Crippen molar-refractivity contribution < 1.29 is 0 Å². The average molecular weight is 295 g/mol. The van der Waals surface area contributed by atoms with Gasteiger partial charge in [-0.25, -0.2) is 4.98 Å². The molecule has 1 aliphatic rings. The zero-order valence-electron chi connectivity index (χ0n) is 8.66. The number of hydrogen-bond acceptors (Lipinski definition) is 3. The summed E-state index contributed by atoms with van der Waals surface area (Å²) in [6.07, 6.45) is 2.53. The number of halogens is 1. The van der Waals surface area contributed by atoms with Gasteiger partial charge >= 0.3 is 0 Å². The Labute approximate surface area is 107 Å². The van der Waals surface area contributed by atoms with Crippen molar-refractivity contribution in [3.05, 3.63) is 34.9 Å². The number of fused-ring (bicyclic) bond motifs is 1. The molecule has 0 amide bonds. The smallest absolute Gasteiger partial charge is 0.188 e. The number of nitrogens with one attached hydrogen (secondary N) is 1. The van der Waals surface area contributed by atoms with Crippen molar-refractivity contribution in [3.8, 4) is 0 Å². The lowest BCUT2D eigenvalue weighted by Gasteiger charge is -2.02. The fraction of sp³-hybridized carbons (Fsp3) is 0.250. The Morgan fingerprint density at radius 1 is 1.50 bits per heavy atom. The Kier molecular flexibility index (Phi) is 2.48. The molecule has 0 spiro atoms. The van der Waals surface area contributed by atoms with Gasteiger partial charge in [0.25, 0.3) is 0 Å². The summed E-state index contributed by atoms with van der Waals surface area (Å²) < 4.78 is 2.29. The molecule has 82 valence electrons. The Morgan fingerprint density at radius 3 is 3.06 bits per heavy atom. The second-order valence-corrected chi connectivity index (χ2v) is 6.00. The topological polar surface area (TPSA) is 24.9 Å². The fourth-order valence-electron chi connectivity index (χ4n) is 1.62. The second-order valence-electron chi connectivity index (χ2n) is 4.06. The molecule has 1 saturated carbocycles. The minimum atomic E-state index is 0.666. The molecule has 1 heterocycles. The van der Waals surface area contributed by atoms with Crippen LogP contribution in [0.2, 0.25) is 0 Å². The van der Waals surface area contributed by atoms with Gasteiger partial charge in [-0.2, -0.15) is 0 Å². The van der Waals surface area contributed by atoms with Crippen molar-refractivity contribution in [2.75, 3.05) is 5.32 Å². The molecule has 1 aromatic heterocycles. The van der Waals surface area contributed by atoms with E-state index < -0.39 is 0 Å². The van der Waals surface area contributed by atoms with Crippen LogP contribution >= 0.6 is 27.3 Å². The first-order valence-corrected chi connectivity index (χ1v) is 6.85. The second kappa shape index (κ2) is 3.86. The van der Waals surface area contributed by atoms with Gasteiger partial charge in [0.2, 0.25) is 0 Å². The minimum absolute atomic E-state index is 0.666. The third-order valence-electron chi connectivity index (χ3n) is 2.69. The summed E-state index contributed by atoms with van der Waals surface area (Å²) in [4.78, 5) is 4.53. The van der Waals surface area contributed by atoms with Crippen LogP contribution in [0.3, 0.4) is 0 Å². The third kappa shape index (κ3) is 1.99. The van der Waals surface area contributed by atoms with Gasteiger partial charge in [0.05, 0.1) is 10.2 Å². The number of hydrogen-bond donors (Lipinski definition) is 1. The van der Waals surface area contributed by atoms with Gasteiger partial charge in [-0.1, -0.05) is 33.8 Å². The Bertz CT molecular complexity index is 557. The van der Waals surface area contributed by atoms with Crippen LogP contribution in [-0.4, -0.2) is 4.98 Å². The molecule has 3 rings (SSSR count). The number of allylic oxidation sites excluding steroid dienone is 1. The summed E-state index contributed by atoms with van der Waals surface area (Å²) in [5, 5.41) is 4.26. The van der Waals surface area contributed by atoms with E-state index in [-0.39, 0.29) is 0 Å². The van der Waals surface area contributed by atoms with E-state index in [1.54, 1.807) is 11.3 Å². The minimum Gasteiger partial charge on any atom is -0.335 e. The highest BCUT2D eigenvalue weighted by Gasteiger charge is 2.25. The maximum atomic E-state index is 4.53. The number of aromatic nitrogens is 1. The Morgan fingerprint density at radius 2 is 2.31 bits per heavy atom. The molecule has 1 aromatic carbocycles. The van der Waals surface area contributed by atoms with Gasteiger partial charge in [0.15, 0.2) is 5.13 Å². The van der Waals surface area contributed by atoms with Crippen LogP contribution in [0.1, 0.15) is 12.8 Å². The molecule has 0 atom stereocenters. The van der Waals surface area contributed by atoms with E-state index in [0.29, 0.717) is 5.92 Å². The van der Waals surface area contributed by atoms with Gasteiger partial charge in [-0.05, 0) is 37.0 Å². The van der Waals surface area contributed by atoms with Crippen LogP contribution in [0.25, 0.3) is 10.2 Å². The monoisotopic (exact) mass is 294 g/mol. The standard InChI is InChI=1S/C12H11BrN2S/c1-7(8-2-3-8)14-12-15-10-5-4-9(13)6-11(10)16-12/h4-6,8H,1-3H2,(H,14,15). The van der Waals surface area contributed by atoms with Gasteiger partial charge < -0.3 is 5.32 Å². The summed E-state index contributed by atoms with van der Waals surface area (Å²) in [6, 6.07) is 6.14. The lowest BCUT2D eigenvalue weighted by Crippen LogP contribution is -1.98. The highest BCUT2D eigenvalue weighted by Crippen LogP contribution is 2.37. The van der Waals surface area contributed by atoms with Gasteiger partial charge in [0, 0.05) is 10.2 Å². The van der Waals surface area contributed by atoms with E-state index in [4.69, 9.17) is 0 Å². The zero-order chi connectivity index (χ0) is 11.1. The van der Waals surface area contributed by atoms with Crippen molar-refractivity contribution in [2.45, 2.75) is 12.8 Å². The number of rotatable bonds is 3. The summed E-state index contributed by atoms with van der Waals surface area (Å²) in [5.74, 6) is 0.666. The van der Waals surface area contributed by atoms with E-state index in [9.17, 15) is 0 Å². The molecule has 2 aromatic rings. The van der Waals surface area contributed by atoms with Crippen LogP contribution in [0.4, 0.5) is 5.13 Å². The normalized spacial score (nSPS) is 15.3. The lowest BCUT2D eigenvalue weighted by atomic mass is 10.3. The molecular weight excluding hydrogens is 284 g/mol. The molecule has 1 fully saturated rings. The number of anilines is 1. The van der Waals surface area contributed by atoms with E-state index in [1.165, 1.54) is 17.5 Å². The number of thiazole rings is 1. The first-order chi connectivity index (χ1) is 7.72. The highest BCUT2D eigenvalue weighted by molar-refractivity contribution is 9.10. The van der Waals surface area contributed by atoms with Crippen LogP contribution in [-0.2, 0) is 0 Å². The third-order valence-corrected chi connectivity index (χ3v) is 4.11. The summed E-state index contributed by atoms with van der Waals surface area (Å²) in [7, 11) is 0. The molecule has 1 aliphatic carbocycles. The first-order valence-electron chi connectivity index (χ1n) is 5.24. The predicted molar refractivity (Wildman–Crippen MR) is 72.8 cm³/mol. The maximum Gasteiger partial charge on any atom is 0.188 e. The molecule has 0 radical (unpaired) electrons. The molecule has 4 heteroatoms. The van der Waals surface area contributed by atoms with E-state index in [0.717, 1.165) is 20.8 Å². The maximum absolute atomic E-state index is 4.53. The number of benzene rings is 1. The molecule has 1 N–H and O–H groups in total. The van der Waals surface area contributed by atoms with Crippen LogP contribution in [0.15, 0.2) is 34.9 Å². The highest BCUT2D eigenvalue weighted by atomic mass is 79.9. The summed E-state index contributed by atoms with van der Waals surface area (Å²) in [6.45, 7) is 4.05. The summed E-state index contributed by atoms with van der Waals surface area (Å²) >= 11 is 5.14. The SMILES string of the molecule is C=C(Nc1nc2ccc(Br)cc2s1)C1CC1. The van der Waals surface area contributed by atoms with Gasteiger partial charge in [-0.15, -0.1) is 0 Å². The molecule has 0 bridgehead atoms. The molecule has 0 aliphatic heterocycles. The van der Waals surface area contributed by atoms with Crippen molar-refractivity contribution in [2.24, 2.45) is 5.92 Å².